The van der Waals surface area contributed by atoms with Gasteiger partial charge in [0, 0.05) is 79.6 Å². The fourth-order valence-corrected chi connectivity index (χ4v) is 9.88. The van der Waals surface area contributed by atoms with Crippen LogP contribution in [0.2, 0.25) is 0 Å². The van der Waals surface area contributed by atoms with Gasteiger partial charge in [-0.15, -0.1) is 0 Å². The molecule has 0 spiro atoms. The van der Waals surface area contributed by atoms with Crippen LogP contribution in [-0.4, -0.2) is 42.3 Å². The average molecular weight is 405 g/mol. The largest absolute Gasteiger partial charge is 0.300 e. The van der Waals surface area contributed by atoms with E-state index >= 15 is 0 Å². The van der Waals surface area contributed by atoms with Crippen LogP contribution in [0.5, 0.6) is 0 Å². The number of nitrogens with zero attached hydrogens (tertiary/aromatic N) is 2. The van der Waals surface area contributed by atoms with Gasteiger partial charge in [-0.1, -0.05) is 0 Å². The Balaban J connectivity index is 2.06. The van der Waals surface area contributed by atoms with Crippen LogP contribution in [-0.2, 0) is 9.59 Å². The molecule has 2 aliphatic heterocycles. The van der Waals surface area contributed by atoms with Crippen molar-refractivity contribution in [3.05, 3.63) is 0 Å². The molecule has 144 valence electrons. The molecule has 0 aromatic heterocycles. The summed E-state index contributed by atoms with van der Waals surface area (Å²) in [5.41, 5.74) is -0.611. The summed E-state index contributed by atoms with van der Waals surface area (Å²) in [7, 11) is 5.23. The Kier molecular flexibility index (Phi) is 6.09. The van der Waals surface area contributed by atoms with Crippen molar-refractivity contribution in [3.8, 4) is 0 Å². The Morgan fingerprint density at radius 1 is 0.600 bits per heavy atom. The molecular weight excluding hydrogens is 372 g/mol. The highest BCUT2D eigenvalue weighted by atomic mass is 33.5. The van der Waals surface area contributed by atoms with Crippen molar-refractivity contribution in [1.29, 1.82) is 0 Å². The molecule has 0 aromatic rings. The molecule has 2 aliphatic rings. The molecule has 0 unspecified atom stereocenters. The minimum Gasteiger partial charge on any atom is -0.300 e. The third-order valence-electron chi connectivity index (χ3n) is 4.93. The van der Waals surface area contributed by atoms with Crippen LogP contribution < -0.4 is 0 Å². The van der Waals surface area contributed by atoms with Crippen molar-refractivity contribution in [2.24, 2.45) is 0 Å². The van der Waals surface area contributed by atoms with Crippen molar-refractivity contribution in [2.45, 2.75) is 103 Å². The van der Waals surface area contributed by atoms with Crippen LogP contribution in [0.3, 0.4) is 0 Å². The van der Waals surface area contributed by atoms with E-state index in [9.17, 15) is 9.59 Å². The fraction of sp³-hybridized carbons (Fsp3) is 0.889. The van der Waals surface area contributed by atoms with E-state index in [0.29, 0.717) is 37.2 Å². The molecule has 0 N–H and O–H groups in total. The van der Waals surface area contributed by atoms with Crippen LogP contribution in [0.1, 0.15) is 81.1 Å². The lowest BCUT2D eigenvalue weighted by molar-refractivity contribution is -0.128. The van der Waals surface area contributed by atoms with Gasteiger partial charge in [-0.3, -0.25) is 9.59 Å². The van der Waals surface area contributed by atoms with Crippen LogP contribution >= 0.6 is 31.8 Å². The van der Waals surface area contributed by atoms with Gasteiger partial charge in [0.05, 0.1) is 0 Å². The first-order valence-corrected chi connectivity index (χ1v) is 12.2. The Bertz CT molecular complexity index is 471. The Labute approximate surface area is 164 Å². The minimum absolute atomic E-state index is 0.153. The Hall–Kier alpha value is 0.310. The first-order chi connectivity index (χ1) is 11.2. The monoisotopic (exact) mass is 404 g/mol. The highest BCUT2D eigenvalue weighted by molar-refractivity contribution is 9.08. The van der Waals surface area contributed by atoms with Crippen LogP contribution in [0.4, 0.5) is 0 Å². The van der Waals surface area contributed by atoms with Gasteiger partial charge in [0.2, 0.25) is 0 Å². The minimum atomic E-state index is -0.153. The van der Waals surface area contributed by atoms with E-state index in [4.69, 9.17) is 0 Å². The van der Waals surface area contributed by atoms with Gasteiger partial charge >= 0.3 is 0 Å². The number of carbonyl (C=O) groups is 2. The maximum absolute atomic E-state index is 12.1. The Morgan fingerprint density at radius 2 is 0.840 bits per heavy atom. The average Bonchev–Trinajstić information content (AvgIpc) is 2.30. The van der Waals surface area contributed by atoms with E-state index in [1.807, 2.05) is 0 Å². The number of hydrogen-bond acceptors (Lipinski definition) is 7. The first kappa shape index (κ1) is 21.6. The Morgan fingerprint density at radius 3 is 1.08 bits per heavy atom. The first-order valence-electron chi connectivity index (χ1n) is 8.83. The molecule has 0 atom stereocenters. The summed E-state index contributed by atoms with van der Waals surface area (Å²) in [6.07, 6.45) is 2.40. The van der Waals surface area contributed by atoms with Crippen LogP contribution in [0.25, 0.3) is 0 Å². The van der Waals surface area contributed by atoms with Crippen molar-refractivity contribution >= 4 is 43.4 Å². The molecule has 0 bridgehead atoms. The predicted molar refractivity (Wildman–Crippen MR) is 111 cm³/mol. The van der Waals surface area contributed by atoms with Gasteiger partial charge in [0.25, 0.3) is 0 Å². The fourth-order valence-electron chi connectivity index (χ4n) is 4.46. The maximum atomic E-state index is 12.1. The van der Waals surface area contributed by atoms with Gasteiger partial charge in [0.15, 0.2) is 0 Å². The zero-order chi connectivity index (χ0) is 19.3. The molecule has 2 saturated heterocycles. The molecule has 25 heavy (non-hydrogen) atoms. The van der Waals surface area contributed by atoms with Crippen molar-refractivity contribution < 1.29 is 9.59 Å². The van der Waals surface area contributed by atoms with Gasteiger partial charge in [-0.05, 0) is 55.4 Å². The SMILES string of the molecule is CC1(C)CC(=O)CC(C)(C)N1SSSN1C(C)(C)CC(=O)CC1(C)C. The quantitative estimate of drug-likeness (QED) is 0.466. The van der Waals surface area contributed by atoms with Gasteiger partial charge in [0.1, 0.15) is 11.6 Å². The third-order valence-corrected chi connectivity index (χ3v) is 9.68. The van der Waals surface area contributed by atoms with Crippen LogP contribution in [0, 0.1) is 0 Å². The summed E-state index contributed by atoms with van der Waals surface area (Å²) in [6.45, 7) is 17.2. The third kappa shape index (κ3) is 4.78. The smallest absolute Gasteiger partial charge is 0.136 e. The van der Waals surface area contributed by atoms with Crippen molar-refractivity contribution in [1.82, 2.24) is 8.61 Å². The summed E-state index contributed by atoms with van der Waals surface area (Å²) in [5.74, 6) is 0.697. The predicted octanol–water partition coefficient (Wildman–Crippen LogP) is 5.29. The molecule has 0 saturated carbocycles. The van der Waals surface area contributed by atoms with Crippen LogP contribution in [0.15, 0.2) is 0 Å². The zero-order valence-corrected chi connectivity index (χ0v) is 19.2. The summed E-state index contributed by atoms with van der Waals surface area (Å²) in [4.78, 5) is 24.1. The highest BCUT2D eigenvalue weighted by Crippen LogP contribution is 2.53. The normalized spacial score (nSPS) is 29.0. The molecule has 0 radical (unpaired) electrons. The molecule has 2 heterocycles. The second-order valence-electron chi connectivity index (χ2n) is 9.84. The second kappa shape index (κ2) is 7.04. The highest BCUT2D eigenvalue weighted by Gasteiger charge is 2.48. The van der Waals surface area contributed by atoms with E-state index in [1.165, 1.54) is 0 Å². The van der Waals surface area contributed by atoms with E-state index in [1.54, 1.807) is 31.8 Å². The maximum Gasteiger partial charge on any atom is 0.136 e. The van der Waals surface area contributed by atoms with E-state index in [-0.39, 0.29) is 22.2 Å². The number of rotatable bonds is 4. The molecule has 2 rings (SSSR count). The zero-order valence-electron chi connectivity index (χ0n) is 16.8. The standard InChI is InChI=1S/C18H32N2O2S3/c1-15(2)9-13(21)10-16(3,4)19(15)23-25-24-20-17(5,6)11-14(22)12-18(20,7)8/h9-12H2,1-8H3. The number of ketones is 2. The second-order valence-corrected chi connectivity index (χ2v) is 13.5. The number of hydrogen-bond donors (Lipinski definition) is 0. The lowest BCUT2D eigenvalue weighted by Gasteiger charge is -2.52. The summed E-state index contributed by atoms with van der Waals surface area (Å²) >= 11 is 0. The molecule has 2 fully saturated rings. The molecular formula is C18H32N2O2S3. The van der Waals surface area contributed by atoms with E-state index in [2.05, 4.69) is 64.0 Å². The molecule has 0 aliphatic carbocycles. The number of carbonyl (C=O) groups excluding carboxylic acids is 2. The van der Waals surface area contributed by atoms with E-state index < -0.39 is 0 Å². The topological polar surface area (TPSA) is 40.6 Å². The molecule has 7 heteroatoms. The van der Waals surface area contributed by atoms with Crippen molar-refractivity contribution in [2.75, 3.05) is 0 Å². The number of piperidine rings is 2. The van der Waals surface area contributed by atoms with Gasteiger partial charge in [-0.25, -0.2) is 8.61 Å². The lowest BCUT2D eigenvalue weighted by Crippen LogP contribution is -2.57. The van der Waals surface area contributed by atoms with Gasteiger partial charge < -0.3 is 0 Å². The summed E-state index contributed by atoms with van der Waals surface area (Å²) in [6, 6.07) is 0. The molecule has 0 amide bonds. The summed E-state index contributed by atoms with van der Waals surface area (Å²) < 4.78 is 4.77. The van der Waals surface area contributed by atoms with Gasteiger partial charge in [-0.2, -0.15) is 0 Å². The molecule has 4 nitrogen and oxygen atoms in total. The lowest BCUT2D eigenvalue weighted by atomic mass is 9.82. The summed E-state index contributed by atoms with van der Waals surface area (Å²) in [5, 5.41) is 0. The van der Waals surface area contributed by atoms with E-state index in [0.717, 1.165) is 0 Å². The molecule has 0 aromatic carbocycles. The van der Waals surface area contributed by atoms with Crippen molar-refractivity contribution in [3.63, 3.8) is 0 Å². The number of Topliss-reactive ketones (excluding diaryl/α,β-unsaturated/α-hetero) is 2.